The monoisotopic (exact) mass is 489 g/mol. The van der Waals surface area contributed by atoms with E-state index in [0.717, 1.165) is 17.9 Å². The summed E-state index contributed by atoms with van der Waals surface area (Å²) in [5.74, 6) is -0.584. The van der Waals surface area contributed by atoms with E-state index in [4.69, 9.17) is 9.47 Å². The van der Waals surface area contributed by atoms with Gasteiger partial charge in [-0.1, -0.05) is 12.1 Å². The van der Waals surface area contributed by atoms with Crippen molar-refractivity contribution in [2.24, 2.45) is 0 Å². The number of para-hydroxylation sites is 2. The number of carboxylic acids is 1. The summed E-state index contributed by atoms with van der Waals surface area (Å²) in [6, 6.07) is 14.2. The molecule has 3 aromatic rings. The van der Waals surface area contributed by atoms with Gasteiger partial charge in [-0.05, 0) is 48.9 Å². The van der Waals surface area contributed by atoms with Crippen LogP contribution >= 0.6 is 0 Å². The normalized spacial score (nSPS) is 22.2. The van der Waals surface area contributed by atoms with Crippen molar-refractivity contribution in [1.29, 1.82) is 0 Å². The van der Waals surface area contributed by atoms with Gasteiger partial charge in [-0.15, -0.1) is 0 Å². The Kier molecular flexibility index (Phi) is 5.30. The molecule has 0 spiro atoms. The molecule has 0 radical (unpaired) electrons. The number of benzene rings is 2. The molecule has 0 saturated carbocycles. The predicted molar refractivity (Wildman–Crippen MR) is 132 cm³/mol. The number of anilines is 1. The number of carboxylic acid groups (broad SMARTS) is 1. The molecular weight excluding hydrogens is 465 g/mol. The number of rotatable bonds is 5. The number of nitrogens with zero attached hydrogens (tertiary/aromatic N) is 2. The number of ether oxygens (including phenoxy) is 2. The van der Waals surface area contributed by atoms with Crippen molar-refractivity contribution < 1.29 is 23.8 Å². The third-order valence-electron chi connectivity index (χ3n) is 7.09. The van der Waals surface area contributed by atoms with Crippen LogP contribution in [0.4, 0.5) is 10.1 Å². The van der Waals surface area contributed by atoms with Crippen molar-refractivity contribution in [3.8, 4) is 17.2 Å². The molecule has 2 N–H and O–H groups in total. The molecule has 6 rings (SSSR count). The van der Waals surface area contributed by atoms with Gasteiger partial charge in [-0.25, -0.2) is 9.18 Å². The molecule has 1 saturated heterocycles. The standard InChI is InChI=1S/C27H24FN3O5/c1-35-17-8-6-15(7-9-17)29-16-10-11-30(13-16)24-20(28)12-18-23-26(24)36-22-5-3-2-4-21(22)31(23)14-19(25(18)32)27(33)34/h2-9,12,14,16,24,26,29H,10-11,13H2,1H3,(H,33,34). The molecule has 3 unspecified atom stereocenters. The second kappa shape index (κ2) is 8.53. The Morgan fingerprint density at radius 1 is 1.19 bits per heavy atom. The zero-order valence-electron chi connectivity index (χ0n) is 19.5. The minimum absolute atomic E-state index is 0.0234. The number of aromatic carboxylic acids is 1. The Bertz CT molecular complexity index is 1450. The molecule has 36 heavy (non-hydrogen) atoms. The first kappa shape index (κ1) is 22.4. The van der Waals surface area contributed by atoms with Crippen LogP contribution < -0.4 is 20.2 Å². The number of pyridine rings is 1. The zero-order chi connectivity index (χ0) is 25.0. The summed E-state index contributed by atoms with van der Waals surface area (Å²) < 4.78 is 28.9. The molecule has 184 valence electrons. The van der Waals surface area contributed by atoms with Gasteiger partial charge in [0.2, 0.25) is 5.43 Å². The number of nitrogens with one attached hydrogen (secondary N) is 1. The SMILES string of the molecule is COc1ccc(NC2CCN(C3C(F)=Cc4c5n(cc(C(=O)O)c4=O)-c4ccccc4OC53)C2)cc1. The highest BCUT2D eigenvalue weighted by atomic mass is 19.1. The van der Waals surface area contributed by atoms with Crippen molar-refractivity contribution in [3.63, 3.8) is 0 Å². The molecule has 3 atom stereocenters. The van der Waals surface area contributed by atoms with Crippen molar-refractivity contribution in [2.45, 2.75) is 24.6 Å². The van der Waals surface area contributed by atoms with Crippen LogP contribution in [0.1, 0.15) is 34.1 Å². The lowest BCUT2D eigenvalue weighted by Crippen LogP contribution is -2.46. The van der Waals surface area contributed by atoms with Crippen molar-refractivity contribution in [1.82, 2.24) is 9.47 Å². The molecule has 2 aliphatic heterocycles. The number of likely N-dealkylation sites (tertiary alicyclic amines) is 1. The first-order chi connectivity index (χ1) is 17.4. The minimum Gasteiger partial charge on any atom is -0.497 e. The van der Waals surface area contributed by atoms with Crippen LogP contribution in [0.3, 0.4) is 0 Å². The Morgan fingerprint density at radius 3 is 2.72 bits per heavy atom. The summed E-state index contributed by atoms with van der Waals surface area (Å²) in [5.41, 5.74) is 0.942. The van der Waals surface area contributed by atoms with Crippen LogP contribution in [0.15, 0.2) is 65.3 Å². The maximum absolute atomic E-state index is 15.7. The fourth-order valence-corrected chi connectivity index (χ4v) is 5.41. The van der Waals surface area contributed by atoms with Gasteiger partial charge in [0.05, 0.1) is 18.5 Å². The first-order valence-electron chi connectivity index (χ1n) is 11.7. The van der Waals surface area contributed by atoms with E-state index in [1.165, 1.54) is 12.3 Å². The van der Waals surface area contributed by atoms with Gasteiger partial charge >= 0.3 is 5.97 Å². The lowest BCUT2D eigenvalue weighted by Gasteiger charge is -2.41. The highest BCUT2D eigenvalue weighted by Crippen LogP contribution is 2.45. The van der Waals surface area contributed by atoms with Gasteiger partial charge in [0.15, 0.2) is 6.10 Å². The third-order valence-corrected chi connectivity index (χ3v) is 7.09. The molecule has 1 fully saturated rings. The van der Waals surface area contributed by atoms with E-state index >= 15 is 4.39 Å². The maximum Gasteiger partial charge on any atom is 0.341 e. The third kappa shape index (κ3) is 3.54. The van der Waals surface area contributed by atoms with Crippen LogP contribution in [-0.4, -0.2) is 52.8 Å². The molecule has 0 bridgehead atoms. The van der Waals surface area contributed by atoms with E-state index in [-0.39, 0.29) is 11.6 Å². The lowest BCUT2D eigenvalue weighted by molar-refractivity contribution is 0.0684. The molecule has 1 aliphatic carbocycles. The average Bonchev–Trinajstić information content (AvgIpc) is 3.33. The first-order valence-corrected chi connectivity index (χ1v) is 11.7. The Labute approximate surface area is 206 Å². The van der Waals surface area contributed by atoms with E-state index < -0.39 is 34.9 Å². The van der Waals surface area contributed by atoms with Gasteiger partial charge < -0.3 is 24.5 Å². The molecular formula is C27H24FN3O5. The summed E-state index contributed by atoms with van der Waals surface area (Å²) in [4.78, 5) is 26.8. The van der Waals surface area contributed by atoms with E-state index in [0.29, 0.717) is 30.2 Å². The maximum atomic E-state index is 15.7. The second-order valence-corrected chi connectivity index (χ2v) is 9.18. The van der Waals surface area contributed by atoms with Gasteiger partial charge in [0.25, 0.3) is 0 Å². The number of halogens is 1. The van der Waals surface area contributed by atoms with Gasteiger partial charge in [0, 0.05) is 36.6 Å². The summed E-state index contributed by atoms with van der Waals surface area (Å²) in [6.07, 6.45) is 2.51. The molecule has 1 aromatic heterocycles. The van der Waals surface area contributed by atoms with Gasteiger partial charge in [-0.2, -0.15) is 0 Å². The van der Waals surface area contributed by atoms with Crippen molar-refractivity contribution in [3.05, 3.63) is 87.6 Å². The zero-order valence-corrected chi connectivity index (χ0v) is 19.5. The van der Waals surface area contributed by atoms with Crippen LogP contribution in [0, 0.1) is 0 Å². The van der Waals surface area contributed by atoms with Gasteiger partial charge in [0.1, 0.15) is 28.9 Å². The minimum atomic E-state index is -1.35. The predicted octanol–water partition coefficient (Wildman–Crippen LogP) is 3.86. The Morgan fingerprint density at radius 2 is 1.97 bits per heavy atom. The molecule has 2 aromatic carbocycles. The number of methoxy groups -OCH3 is 1. The number of hydrogen-bond donors (Lipinski definition) is 2. The molecule has 9 heteroatoms. The molecule has 3 heterocycles. The average molecular weight is 490 g/mol. The van der Waals surface area contributed by atoms with E-state index in [9.17, 15) is 14.7 Å². The van der Waals surface area contributed by atoms with Gasteiger partial charge in [-0.3, -0.25) is 9.69 Å². The van der Waals surface area contributed by atoms with Crippen LogP contribution in [0.5, 0.6) is 11.5 Å². The summed E-state index contributed by atoms with van der Waals surface area (Å²) >= 11 is 0. The summed E-state index contributed by atoms with van der Waals surface area (Å²) in [5, 5.41) is 13.1. The summed E-state index contributed by atoms with van der Waals surface area (Å²) in [6.45, 7) is 1.21. The number of hydrogen-bond acceptors (Lipinski definition) is 6. The molecule has 0 amide bonds. The Hall–Kier alpha value is -4.11. The van der Waals surface area contributed by atoms with Crippen LogP contribution in [-0.2, 0) is 0 Å². The van der Waals surface area contributed by atoms with Crippen LogP contribution in [0.25, 0.3) is 11.8 Å². The van der Waals surface area contributed by atoms with E-state index in [2.05, 4.69) is 5.32 Å². The Balaban J connectivity index is 1.35. The molecule has 8 nitrogen and oxygen atoms in total. The number of fused-ring (bicyclic) bond motifs is 2. The number of carbonyl (C=O) groups is 1. The largest absolute Gasteiger partial charge is 0.497 e. The highest BCUT2D eigenvalue weighted by Gasteiger charge is 2.45. The topological polar surface area (TPSA) is 93.0 Å². The fraction of sp³-hybridized carbons (Fsp3) is 0.259. The van der Waals surface area contributed by atoms with Crippen LogP contribution in [0.2, 0.25) is 0 Å². The quantitative estimate of drug-likeness (QED) is 0.562. The number of aromatic nitrogens is 1. The van der Waals surface area contributed by atoms with Crippen molar-refractivity contribution in [2.75, 3.05) is 25.5 Å². The second-order valence-electron chi connectivity index (χ2n) is 9.18. The van der Waals surface area contributed by atoms with Crippen molar-refractivity contribution >= 4 is 17.7 Å². The lowest BCUT2D eigenvalue weighted by atomic mass is 9.90. The van der Waals surface area contributed by atoms with E-state index in [1.807, 2.05) is 29.2 Å². The smallest absolute Gasteiger partial charge is 0.341 e. The van der Waals surface area contributed by atoms with E-state index in [1.54, 1.807) is 35.9 Å². The fourth-order valence-electron chi connectivity index (χ4n) is 5.41. The molecule has 3 aliphatic rings. The summed E-state index contributed by atoms with van der Waals surface area (Å²) in [7, 11) is 1.62. The highest BCUT2D eigenvalue weighted by molar-refractivity contribution is 5.88.